The number of carbonyl (C=O) groups is 1. The molecule has 0 radical (unpaired) electrons. The van der Waals surface area contributed by atoms with E-state index in [0.717, 1.165) is 4.47 Å². The molecule has 18 heavy (non-hydrogen) atoms. The van der Waals surface area contributed by atoms with Gasteiger partial charge >= 0.3 is 0 Å². The van der Waals surface area contributed by atoms with E-state index in [9.17, 15) is 4.79 Å². The Labute approximate surface area is 117 Å². The molecule has 4 nitrogen and oxygen atoms in total. The highest BCUT2D eigenvalue weighted by Crippen LogP contribution is 2.26. The van der Waals surface area contributed by atoms with E-state index in [1.54, 1.807) is 30.3 Å². The fraction of sp³-hybridized carbons (Fsp3) is 0. The lowest BCUT2D eigenvalue weighted by Gasteiger charge is -2.07. The first-order valence-electron chi connectivity index (χ1n) is 5.04. The minimum Gasteiger partial charge on any atom is -0.397 e. The molecule has 0 aliphatic rings. The Bertz CT molecular complexity index is 586. The molecule has 1 aromatic heterocycles. The highest BCUT2D eigenvalue weighted by atomic mass is 79.9. The van der Waals surface area contributed by atoms with Crippen molar-refractivity contribution in [1.29, 1.82) is 0 Å². The zero-order chi connectivity index (χ0) is 13.1. The summed E-state index contributed by atoms with van der Waals surface area (Å²) in [6.45, 7) is 0. The number of hydrogen-bond acceptors (Lipinski definition) is 3. The van der Waals surface area contributed by atoms with Crippen LogP contribution in [0.15, 0.2) is 41.0 Å². The maximum atomic E-state index is 11.9. The summed E-state index contributed by atoms with van der Waals surface area (Å²) in [5.41, 5.74) is 6.81. The van der Waals surface area contributed by atoms with Gasteiger partial charge in [-0.2, -0.15) is 0 Å². The normalized spacial score (nSPS) is 10.1. The first kappa shape index (κ1) is 12.9. The molecule has 2 aromatic rings. The maximum Gasteiger partial charge on any atom is 0.274 e. The maximum absolute atomic E-state index is 11.9. The fourth-order valence-electron chi connectivity index (χ4n) is 1.32. The van der Waals surface area contributed by atoms with Crippen molar-refractivity contribution in [2.24, 2.45) is 0 Å². The number of hydrogen-bond donors (Lipinski definition) is 2. The van der Waals surface area contributed by atoms with Gasteiger partial charge in [-0.15, -0.1) is 0 Å². The van der Waals surface area contributed by atoms with Crippen molar-refractivity contribution in [3.63, 3.8) is 0 Å². The van der Waals surface area contributed by atoms with Gasteiger partial charge in [0.05, 0.1) is 22.6 Å². The number of aromatic nitrogens is 1. The third-order valence-electron chi connectivity index (χ3n) is 2.20. The number of nitrogens with one attached hydrogen (secondary N) is 1. The minimum absolute atomic E-state index is 0.278. The van der Waals surface area contributed by atoms with Crippen LogP contribution in [0.2, 0.25) is 5.02 Å². The van der Waals surface area contributed by atoms with Crippen molar-refractivity contribution >= 4 is 44.8 Å². The summed E-state index contributed by atoms with van der Waals surface area (Å²) in [7, 11) is 0. The van der Waals surface area contributed by atoms with Crippen molar-refractivity contribution in [1.82, 2.24) is 4.98 Å². The lowest BCUT2D eigenvalue weighted by atomic mass is 10.3. The fourth-order valence-corrected chi connectivity index (χ4v) is 1.85. The van der Waals surface area contributed by atoms with E-state index in [1.807, 2.05) is 0 Å². The zero-order valence-electron chi connectivity index (χ0n) is 9.15. The predicted molar refractivity (Wildman–Crippen MR) is 75.8 cm³/mol. The lowest BCUT2D eigenvalue weighted by molar-refractivity contribution is 0.102. The first-order chi connectivity index (χ1) is 8.56. The second-order valence-electron chi connectivity index (χ2n) is 3.56. The molecule has 0 unspecified atom stereocenters. The number of benzene rings is 1. The number of nitrogen functional groups attached to an aromatic ring is 1. The number of nitrogens with two attached hydrogens (primary N) is 1. The second-order valence-corrected chi connectivity index (χ2v) is 4.88. The minimum atomic E-state index is -0.338. The molecule has 1 heterocycles. The van der Waals surface area contributed by atoms with Crippen LogP contribution in [0.5, 0.6) is 0 Å². The summed E-state index contributed by atoms with van der Waals surface area (Å²) in [6, 6.07) is 8.37. The first-order valence-corrected chi connectivity index (χ1v) is 6.21. The molecule has 0 saturated heterocycles. The summed E-state index contributed by atoms with van der Waals surface area (Å²) >= 11 is 9.29. The van der Waals surface area contributed by atoms with Gasteiger partial charge in [0, 0.05) is 4.47 Å². The van der Waals surface area contributed by atoms with Crippen LogP contribution in [0.3, 0.4) is 0 Å². The molecule has 6 heteroatoms. The number of amides is 1. The summed E-state index contributed by atoms with van der Waals surface area (Å²) in [6.07, 6.45) is 1.43. The highest BCUT2D eigenvalue weighted by Gasteiger charge is 2.09. The molecule has 1 amide bonds. The zero-order valence-corrected chi connectivity index (χ0v) is 11.5. The second kappa shape index (κ2) is 5.37. The average molecular weight is 327 g/mol. The summed E-state index contributed by atoms with van der Waals surface area (Å²) in [5.74, 6) is -0.338. The molecule has 0 aliphatic carbocycles. The molecule has 3 N–H and O–H groups in total. The quantitative estimate of drug-likeness (QED) is 0.889. The van der Waals surface area contributed by atoms with Crippen LogP contribution in [0.4, 0.5) is 11.4 Å². The number of halogens is 2. The largest absolute Gasteiger partial charge is 0.397 e. The van der Waals surface area contributed by atoms with Crippen molar-refractivity contribution in [2.45, 2.75) is 0 Å². The van der Waals surface area contributed by atoms with E-state index < -0.39 is 0 Å². The van der Waals surface area contributed by atoms with Gasteiger partial charge in [-0.25, -0.2) is 4.98 Å². The van der Waals surface area contributed by atoms with E-state index in [0.29, 0.717) is 16.4 Å². The number of anilines is 2. The summed E-state index contributed by atoms with van der Waals surface area (Å²) in [4.78, 5) is 15.8. The Hall–Kier alpha value is -1.59. The highest BCUT2D eigenvalue weighted by molar-refractivity contribution is 9.10. The molecule has 0 fully saturated rings. The number of pyridine rings is 1. The molecule has 0 atom stereocenters. The van der Waals surface area contributed by atoms with Crippen LogP contribution in [-0.4, -0.2) is 10.9 Å². The molecule has 92 valence electrons. The lowest BCUT2D eigenvalue weighted by Crippen LogP contribution is -2.13. The smallest absolute Gasteiger partial charge is 0.274 e. The topological polar surface area (TPSA) is 68.0 Å². The van der Waals surface area contributed by atoms with Crippen LogP contribution in [0, 0.1) is 0 Å². The van der Waals surface area contributed by atoms with Gasteiger partial charge in [0.25, 0.3) is 5.91 Å². The summed E-state index contributed by atoms with van der Waals surface area (Å²) in [5, 5.41) is 3.14. The van der Waals surface area contributed by atoms with Gasteiger partial charge < -0.3 is 11.1 Å². The monoisotopic (exact) mass is 325 g/mol. The Morgan fingerprint density at radius 1 is 1.33 bits per heavy atom. The molecule has 0 bridgehead atoms. The van der Waals surface area contributed by atoms with E-state index in [1.165, 1.54) is 6.20 Å². The molecule has 0 spiro atoms. The van der Waals surface area contributed by atoms with Crippen molar-refractivity contribution in [2.75, 3.05) is 11.1 Å². The van der Waals surface area contributed by atoms with Crippen molar-refractivity contribution < 1.29 is 4.79 Å². The predicted octanol–water partition coefficient (Wildman–Crippen LogP) is 3.33. The number of nitrogens with zero attached hydrogens (tertiary/aromatic N) is 1. The molecule has 0 saturated carbocycles. The van der Waals surface area contributed by atoms with Gasteiger partial charge in [0.2, 0.25) is 0 Å². The van der Waals surface area contributed by atoms with Gasteiger partial charge in [-0.1, -0.05) is 27.5 Å². The van der Waals surface area contributed by atoms with Crippen LogP contribution in [-0.2, 0) is 0 Å². The van der Waals surface area contributed by atoms with Gasteiger partial charge in [0.15, 0.2) is 0 Å². The van der Waals surface area contributed by atoms with Gasteiger partial charge in [-0.05, 0) is 30.3 Å². The summed E-state index contributed by atoms with van der Waals surface area (Å²) < 4.78 is 0.826. The van der Waals surface area contributed by atoms with Crippen molar-refractivity contribution in [3.05, 3.63) is 51.7 Å². The van der Waals surface area contributed by atoms with Crippen LogP contribution >= 0.6 is 27.5 Å². The molecular weight excluding hydrogens is 318 g/mol. The number of rotatable bonds is 2. The van der Waals surface area contributed by atoms with Crippen LogP contribution in [0.1, 0.15) is 10.5 Å². The van der Waals surface area contributed by atoms with E-state index in [2.05, 4.69) is 26.2 Å². The van der Waals surface area contributed by atoms with Crippen LogP contribution < -0.4 is 11.1 Å². The Kier molecular flexibility index (Phi) is 3.84. The van der Waals surface area contributed by atoms with E-state index >= 15 is 0 Å². The Balaban J connectivity index is 2.21. The Morgan fingerprint density at radius 3 is 2.78 bits per heavy atom. The van der Waals surface area contributed by atoms with Crippen molar-refractivity contribution in [3.8, 4) is 0 Å². The molecule has 2 rings (SSSR count). The SMILES string of the molecule is Nc1ccc(C(=O)Nc2cc(Br)ccc2Cl)nc1. The van der Waals surface area contributed by atoms with Crippen LogP contribution in [0.25, 0.3) is 0 Å². The van der Waals surface area contributed by atoms with E-state index in [-0.39, 0.29) is 11.6 Å². The standard InChI is InChI=1S/C12H9BrClN3O/c13-7-1-3-9(14)11(5-7)17-12(18)10-4-2-8(15)6-16-10/h1-6H,15H2,(H,17,18). The average Bonchev–Trinajstić information content (AvgIpc) is 2.34. The molecule has 1 aromatic carbocycles. The molecular formula is C12H9BrClN3O. The Morgan fingerprint density at radius 2 is 2.11 bits per heavy atom. The molecule has 0 aliphatic heterocycles. The third-order valence-corrected chi connectivity index (χ3v) is 3.02. The number of carbonyl (C=O) groups excluding carboxylic acids is 1. The van der Waals surface area contributed by atoms with Gasteiger partial charge in [0.1, 0.15) is 5.69 Å². The van der Waals surface area contributed by atoms with Gasteiger partial charge in [-0.3, -0.25) is 4.79 Å². The van der Waals surface area contributed by atoms with E-state index in [4.69, 9.17) is 17.3 Å². The third kappa shape index (κ3) is 3.00.